The summed E-state index contributed by atoms with van der Waals surface area (Å²) in [6.45, 7) is 3.56. The standard InChI is InChI=1S/C18H21F3N6O2.ClH/c1-12(22)10-27-11-13(2-3-15(27)28)16(29)25-4-6-26(7-5-25)17-23-8-14(9-24-17)18(19,20)21;/h2-3,8-9,11-12H,4-7,10,22H2,1H3;1H/t12-;/m0./s1. The van der Waals surface area contributed by atoms with Gasteiger partial charge in [-0.25, -0.2) is 9.97 Å². The first-order chi connectivity index (χ1) is 13.6. The van der Waals surface area contributed by atoms with E-state index in [4.69, 9.17) is 5.73 Å². The number of aromatic nitrogens is 3. The summed E-state index contributed by atoms with van der Waals surface area (Å²) in [5.41, 5.74) is 4.97. The molecule has 1 atom stereocenters. The fourth-order valence-electron chi connectivity index (χ4n) is 3.03. The van der Waals surface area contributed by atoms with Gasteiger partial charge in [0.2, 0.25) is 5.95 Å². The number of alkyl halides is 3. The third-order valence-electron chi connectivity index (χ3n) is 4.53. The van der Waals surface area contributed by atoms with Gasteiger partial charge < -0.3 is 20.1 Å². The van der Waals surface area contributed by atoms with Crippen LogP contribution in [0, 0.1) is 0 Å². The molecule has 0 aliphatic carbocycles. The van der Waals surface area contributed by atoms with E-state index < -0.39 is 11.7 Å². The number of carbonyl (C=O) groups is 1. The maximum absolute atomic E-state index is 12.8. The van der Waals surface area contributed by atoms with Crippen molar-refractivity contribution in [3.63, 3.8) is 0 Å². The molecule has 3 rings (SSSR count). The van der Waals surface area contributed by atoms with Gasteiger partial charge in [-0.1, -0.05) is 0 Å². The number of halogens is 4. The number of nitrogens with zero attached hydrogens (tertiary/aromatic N) is 5. The summed E-state index contributed by atoms with van der Waals surface area (Å²) in [6, 6.07) is 2.58. The highest BCUT2D eigenvalue weighted by Gasteiger charge is 2.32. The lowest BCUT2D eigenvalue weighted by Gasteiger charge is -2.34. The fraction of sp³-hybridized carbons (Fsp3) is 0.444. The molecule has 0 unspecified atom stereocenters. The molecule has 0 aromatic carbocycles. The van der Waals surface area contributed by atoms with Crippen molar-refractivity contribution >= 4 is 24.3 Å². The molecule has 0 spiro atoms. The van der Waals surface area contributed by atoms with Crippen molar-refractivity contribution in [3.05, 3.63) is 52.2 Å². The first-order valence-electron chi connectivity index (χ1n) is 9.04. The van der Waals surface area contributed by atoms with E-state index in [0.29, 0.717) is 38.3 Å². The summed E-state index contributed by atoms with van der Waals surface area (Å²) < 4.78 is 39.3. The molecule has 2 aromatic rings. The molecule has 164 valence electrons. The Bertz CT molecular complexity index is 925. The van der Waals surface area contributed by atoms with Crippen LogP contribution in [-0.4, -0.2) is 57.6 Å². The second-order valence-electron chi connectivity index (χ2n) is 6.93. The van der Waals surface area contributed by atoms with Crippen LogP contribution in [0.5, 0.6) is 0 Å². The third kappa shape index (κ3) is 5.48. The maximum Gasteiger partial charge on any atom is 0.419 e. The number of hydrogen-bond acceptors (Lipinski definition) is 6. The van der Waals surface area contributed by atoms with E-state index in [1.165, 1.54) is 22.9 Å². The van der Waals surface area contributed by atoms with Crippen LogP contribution in [0.15, 0.2) is 35.5 Å². The number of pyridine rings is 1. The largest absolute Gasteiger partial charge is 0.419 e. The van der Waals surface area contributed by atoms with Gasteiger partial charge in [0, 0.05) is 63.4 Å². The molecule has 8 nitrogen and oxygen atoms in total. The molecule has 3 heterocycles. The number of piperazine rings is 1. The molecule has 0 bridgehead atoms. The van der Waals surface area contributed by atoms with Gasteiger partial charge in [0.25, 0.3) is 11.5 Å². The summed E-state index contributed by atoms with van der Waals surface area (Å²) in [6.07, 6.45) is -1.48. The monoisotopic (exact) mass is 446 g/mol. The van der Waals surface area contributed by atoms with Gasteiger partial charge in [-0.2, -0.15) is 13.2 Å². The number of amides is 1. The predicted molar refractivity (Wildman–Crippen MR) is 107 cm³/mol. The average Bonchev–Trinajstić information content (AvgIpc) is 2.68. The van der Waals surface area contributed by atoms with Gasteiger partial charge in [-0.3, -0.25) is 9.59 Å². The Morgan fingerprint density at radius 1 is 1.17 bits per heavy atom. The number of anilines is 1. The van der Waals surface area contributed by atoms with Gasteiger partial charge in [-0.05, 0) is 13.0 Å². The van der Waals surface area contributed by atoms with Gasteiger partial charge in [0.15, 0.2) is 0 Å². The Labute approximate surface area is 176 Å². The molecule has 1 aliphatic rings. The fourth-order valence-corrected chi connectivity index (χ4v) is 3.03. The minimum atomic E-state index is -4.48. The van der Waals surface area contributed by atoms with Gasteiger partial charge in [0.05, 0.1) is 11.1 Å². The van der Waals surface area contributed by atoms with Crippen molar-refractivity contribution in [2.24, 2.45) is 5.73 Å². The van der Waals surface area contributed by atoms with E-state index in [1.807, 2.05) is 0 Å². The van der Waals surface area contributed by atoms with E-state index in [2.05, 4.69) is 9.97 Å². The average molecular weight is 447 g/mol. The summed E-state index contributed by atoms with van der Waals surface area (Å²) in [5, 5.41) is 0. The van der Waals surface area contributed by atoms with Gasteiger partial charge >= 0.3 is 6.18 Å². The second kappa shape index (κ2) is 9.43. The predicted octanol–water partition coefficient (Wildman–Crippen LogP) is 1.39. The number of nitrogens with two attached hydrogens (primary N) is 1. The van der Waals surface area contributed by atoms with Crippen LogP contribution < -0.4 is 16.2 Å². The van der Waals surface area contributed by atoms with Crippen LogP contribution in [-0.2, 0) is 12.7 Å². The number of hydrogen-bond donors (Lipinski definition) is 1. The topological polar surface area (TPSA) is 97.3 Å². The quantitative estimate of drug-likeness (QED) is 0.762. The van der Waals surface area contributed by atoms with Crippen LogP contribution in [0.25, 0.3) is 0 Å². The van der Waals surface area contributed by atoms with Crippen molar-refractivity contribution in [1.82, 2.24) is 19.4 Å². The van der Waals surface area contributed by atoms with E-state index >= 15 is 0 Å². The molecule has 12 heteroatoms. The Kier molecular flexibility index (Phi) is 7.43. The van der Waals surface area contributed by atoms with Gasteiger partial charge in [0.1, 0.15) is 0 Å². The van der Waals surface area contributed by atoms with E-state index in [1.54, 1.807) is 16.7 Å². The van der Waals surface area contributed by atoms with Crippen LogP contribution >= 0.6 is 12.4 Å². The van der Waals surface area contributed by atoms with Crippen LogP contribution in [0.4, 0.5) is 19.1 Å². The normalized spacial score (nSPS) is 15.5. The van der Waals surface area contributed by atoms with Crippen LogP contribution in [0.3, 0.4) is 0 Å². The molecule has 1 amide bonds. The van der Waals surface area contributed by atoms with Crippen LogP contribution in [0.1, 0.15) is 22.8 Å². The molecule has 1 aliphatic heterocycles. The van der Waals surface area contributed by atoms with Crippen molar-refractivity contribution in [1.29, 1.82) is 0 Å². The number of rotatable bonds is 4. The summed E-state index contributed by atoms with van der Waals surface area (Å²) >= 11 is 0. The Hall–Kier alpha value is -2.66. The number of carbonyl (C=O) groups excluding carboxylic acids is 1. The Morgan fingerprint density at radius 2 is 1.77 bits per heavy atom. The third-order valence-corrected chi connectivity index (χ3v) is 4.53. The lowest BCUT2D eigenvalue weighted by molar-refractivity contribution is -0.138. The molecule has 0 saturated carbocycles. The van der Waals surface area contributed by atoms with Crippen molar-refractivity contribution in [2.45, 2.75) is 25.7 Å². The van der Waals surface area contributed by atoms with Crippen molar-refractivity contribution < 1.29 is 18.0 Å². The van der Waals surface area contributed by atoms with Crippen LogP contribution in [0.2, 0.25) is 0 Å². The van der Waals surface area contributed by atoms with Crippen molar-refractivity contribution in [2.75, 3.05) is 31.1 Å². The zero-order valence-corrected chi connectivity index (χ0v) is 17.0. The van der Waals surface area contributed by atoms with E-state index in [-0.39, 0.29) is 35.9 Å². The lowest BCUT2D eigenvalue weighted by atomic mass is 10.2. The zero-order chi connectivity index (χ0) is 21.2. The molecule has 1 fully saturated rings. The highest BCUT2D eigenvalue weighted by molar-refractivity contribution is 5.94. The maximum atomic E-state index is 12.8. The SMILES string of the molecule is C[C@H](N)Cn1cc(C(=O)N2CCN(c3ncc(C(F)(F)F)cn3)CC2)ccc1=O.Cl. The molecule has 30 heavy (non-hydrogen) atoms. The smallest absolute Gasteiger partial charge is 0.337 e. The Balaban J connectivity index is 0.00000320. The highest BCUT2D eigenvalue weighted by atomic mass is 35.5. The molecular formula is C18H22ClF3N6O2. The Morgan fingerprint density at radius 3 is 2.30 bits per heavy atom. The molecule has 2 aromatic heterocycles. The van der Waals surface area contributed by atoms with E-state index in [0.717, 1.165) is 12.4 Å². The molecule has 0 radical (unpaired) electrons. The lowest BCUT2D eigenvalue weighted by Crippen LogP contribution is -2.49. The zero-order valence-electron chi connectivity index (χ0n) is 16.2. The first-order valence-corrected chi connectivity index (χ1v) is 9.04. The molecular weight excluding hydrogens is 425 g/mol. The molecule has 2 N–H and O–H groups in total. The summed E-state index contributed by atoms with van der Waals surface area (Å²) in [7, 11) is 0. The minimum Gasteiger partial charge on any atom is -0.337 e. The minimum absolute atomic E-state index is 0. The molecule has 1 saturated heterocycles. The first kappa shape index (κ1) is 23.6. The van der Waals surface area contributed by atoms with Gasteiger partial charge in [-0.15, -0.1) is 12.4 Å². The summed E-state index contributed by atoms with van der Waals surface area (Å²) in [5.74, 6) is -0.0352. The highest BCUT2D eigenvalue weighted by Crippen LogP contribution is 2.28. The van der Waals surface area contributed by atoms with Crippen molar-refractivity contribution in [3.8, 4) is 0 Å². The van der Waals surface area contributed by atoms with E-state index in [9.17, 15) is 22.8 Å². The second-order valence-corrected chi connectivity index (χ2v) is 6.93. The summed E-state index contributed by atoms with van der Waals surface area (Å²) in [4.78, 5) is 35.6.